The van der Waals surface area contributed by atoms with E-state index in [-0.39, 0.29) is 0 Å². The van der Waals surface area contributed by atoms with Crippen molar-refractivity contribution in [3.8, 4) is 0 Å². The van der Waals surface area contributed by atoms with Crippen LogP contribution in [0.2, 0.25) is 0 Å². The molecule has 3 heteroatoms. The Labute approximate surface area is 76.0 Å². The largest absolute Gasteiger partial charge is 0.561 e. The molecule has 1 aromatic rings. The van der Waals surface area contributed by atoms with Gasteiger partial charge < -0.3 is 5.11 Å². The topological polar surface area (TPSA) is 57.0 Å². The quantitative estimate of drug-likeness (QED) is 0.502. The van der Waals surface area contributed by atoms with Crippen molar-refractivity contribution in [1.82, 2.24) is 0 Å². The van der Waals surface area contributed by atoms with Crippen molar-refractivity contribution in [3.63, 3.8) is 0 Å². The standard InChI is InChI=1S/C10H10O3/c1-6-3-8(10(12)13)4-7(2)9(6)5-11/h3-5H,1-2H3,(H,12,13)/p+1. The van der Waals surface area contributed by atoms with Crippen LogP contribution in [0, 0.1) is 13.8 Å². The Morgan fingerprint density at radius 1 is 1.31 bits per heavy atom. The van der Waals surface area contributed by atoms with Gasteiger partial charge in [-0.05, 0) is 37.1 Å². The maximum Gasteiger partial charge on any atom is 0.549 e. The van der Waals surface area contributed by atoms with Crippen LogP contribution in [0.3, 0.4) is 0 Å². The zero-order chi connectivity index (χ0) is 10.0. The number of aryl methyl sites for hydroxylation is 2. The summed E-state index contributed by atoms with van der Waals surface area (Å²) in [6.07, 6.45) is 0.767. The fourth-order valence-corrected chi connectivity index (χ4v) is 1.29. The molecule has 0 bridgehead atoms. The number of carbonyl (C=O) groups excluding carboxylic acids is 2. The van der Waals surface area contributed by atoms with Gasteiger partial charge in [0.15, 0.2) is 6.29 Å². The van der Waals surface area contributed by atoms with E-state index in [2.05, 4.69) is 0 Å². The Hall–Kier alpha value is -1.64. The van der Waals surface area contributed by atoms with Gasteiger partial charge in [-0.2, -0.15) is 0 Å². The van der Waals surface area contributed by atoms with Gasteiger partial charge in [-0.1, -0.05) is 0 Å². The molecule has 0 aliphatic carbocycles. The number of aldehydes is 1. The molecule has 0 radical (unpaired) electrons. The highest BCUT2D eigenvalue weighted by Gasteiger charge is 2.14. The summed E-state index contributed by atoms with van der Waals surface area (Å²) in [5.74, 6) is -0.719. The molecule has 68 valence electrons. The number of hydrogen-bond donors (Lipinski definition) is 0. The monoisotopic (exact) mass is 179 g/mol. The molecule has 0 atom stereocenters. The van der Waals surface area contributed by atoms with Gasteiger partial charge >= 0.3 is 5.97 Å². The van der Waals surface area contributed by atoms with Crippen LogP contribution in [0.5, 0.6) is 0 Å². The SMILES string of the molecule is Cc1cc(C(=O)[OH2+])cc(C)c1C=O. The number of carbonyl (C=O) groups is 2. The summed E-state index contributed by atoms with van der Waals surface area (Å²) < 4.78 is 0. The van der Waals surface area contributed by atoms with Crippen LogP contribution in [-0.4, -0.2) is 17.4 Å². The molecule has 3 nitrogen and oxygen atoms in total. The minimum absolute atomic E-state index is 0.334. The van der Waals surface area contributed by atoms with E-state index < -0.39 is 5.97 Å². The van der Waals surface area contributed by atoms with Gasteiger partial charge in [0.25, 0.3) is 0 Å². The molecule has 0 saturated heterocycles. The maximum atomic E-state index is 10.7. The number of rotatable bonds is 2. The first kappa shape index (κ1) is 9.45. The lowest BCUT2D eigenvalue weighted by Gasteiger charge is -2.02. The summed E-state index contributed by atoms with van der Waals surface area (Å²) in [6.45, 7) is 3.51. The van der Waals surface area contributed by atoms with E-state index >= 15 is 0 Å². The van der Waals surface area contributed by atoms with Crippen molar-refractivity contribution >= 4 is 12.3 Å². The molecular formula is C10H11O3+. The fourth-order valence-electron chi connectivity index (χ4n) is 1.29. The molecule has 0 saturated carbocycles. The zero-order valence-corrected chi connectivity index (χ0v) is 7.55. The zero-order valence-electron chi connectivity index (χ0n) is 7.55. The van der Waals surface area contributed by atoms with E-state index in [0.29, 0.717) is 11.1 Å². The minimum Gasteiger partial charge on any atom is -0.561 e. The molecule has 0 fully saturated rings. The minimum atomic E-state index is -0.719. The van der Waals surface area contributed by atoms with Gasteiger partial charge in [-0.25, -0.2) is 0 Å². The van der Waals surface area contributed by atoms with Gasteiger partial charge in [0.2, 0.25) is 0 Å². The molecule has 0 aromatic heterocycles. The smallest absolute Gasteiger partial charge is 0.549 e. The predicted octanol–water partition coefficient (Wildman–Crippen LogP) is 0.981. The third-order valence-corrected chi connectivity index (χ3v) is 1.97. The Kier molecular flexibility index (Phi) is 2.46. The second-order valence-corrected chi connectivity index (χ2v) is 2.97. The highest BCUT2D eigenvalue weighted by molar-refractivity contribution is 5.90. The Morgan fingerprint density at radius 2 is 1.77 bits per heavy atom. The third kappa shape index (κ3) is 1.75. The summed E-state index contributed by atoms with van der Waals surface area (Å²) in [5.41, 5.74) is 2.42. The van der Waals surface area contributed by atoms with Crippen LogP contribution < -0.4 is 0 Å². The van der Waals surface area contributed by atoms with Gasteiger partial charge in [0, 0.05) is 10.4 Å². The first-order chi connectivity index (χ1) is 6.06. The first-order valence-electron chi connectivity index (χ1n) is 3.88. The second-order valence-electron chi connectivity index (χ2n) is 2.97. The van der Waals surface area contributed by atoms with Crippen LogP contribution in [0.1, 0.15) is 31.8 Å². The Bertz CT molecular complexity index is 343. The number of hydrogen-bond acceptors (Lipinski definition) is 2. The van der Waals surface area contributed by atoms with Gasteiger partial charge in [-0.15, -0.1) is 0 Å². The fraction of sp³-hybridized carbons (Fsp3) is 0.200. The van der Waals surface area contributed by atoms with Gasteiger partial charge in [-0.3, -0.25) is 4.79 Å². The Morgan fingerprint density at radius 3 is 2.08 bits per heavy atom. The predicted molar refractivity (Wildman–Crippen MR) is 49.2 cm³/mol. The van der Waals surface area contributed by atoms with Crippen LogP contribution >= 0.6 is 0 Å². The molecule has 0 aliphatic rings. The lowest BCUT2D eigenvalue weighted by molar-refractivity contribution is 0.0696. The van der Waals surface area contributed by atoms with Crippen molar-refractivity contribution in [2.45, 2.75) is 13.8 Å². The van der Waals surface area contributed by atoms with Gasteiger partial charge in [0.05, 0.1) is 0 Å². The summed E-state index contributed by atoms with van der Waals surface area (Å²) in [5, 5.41) is 6.91. The van der Waals surface area contributed by atoms with E-state index in [9.17, 15) is 9.59 Å². The average molecular weight is 179 g/mol. The van der Waals surface area contributed by atoms with E-state index in [0.717, 1.165) is 17.4 Å². The molecule has 1 aromatic carbocycles. The molecule has 0 spiro atoms. The summed E-state index contributed by atoms with van der Waals surface area (Å²) in [4.78, 5) is 21.3. The van der Waals surface area contributed by atoms with Gasteiger partial charge in [0.1, 0.15) is 5.56 Å². The normalized spacial score (nSPS) is 9.69. The van der Waals surface area contributed by atoms with Crippen molar-refractivity contribution in [2.75, 3.05) is 0 Å². The maximum absolute atomic E-state index is 10.7. The Balaban J connectivity index is 3.36. The van der Waals surface area contributed by atoms with Crippen molar-refractivity contribution in [2.24, 2.45) is 0 Å². The van der Waals surface area contributed by atoms with Crippen LogP contribution in [-0.2, 0) is 0 Å². The highest BCUT2D eigenvalue weighted by Crippen LogP contribution is 2.14. The molecule has 0 aliphatic heterocycles. The molecule has 2 N–H and O–H groups in total. The molecule has 13 heavy (non-hydrogen) atoms. The molecule has 1 rings (SSSR count). The van der Waals surface area contributed by atoms with Crippen molar-refractivity contribution in [3.05, 3.63) is 34.4 Å². The molecular weight excluding hydrogens is 168 g/mol. The van der Waals surface area contributed by atoms with Crippen molar-refractivity contribution < 1.29 is 14.7 Å². The number of benzene rings is 1. The lowest BCUT2D eigenvalue weighted by atomic mass is 10.0. The first-order valence-corrected chi connectivity index (χ1v) is 3.88. The lowest BCUT2D eigenvalue weighted by Crippen LogP contribution is -2.00. The van der Waals surface area contributed by atoms with E-state index in [1.165, 1.54) is 0 Å². The molecule has 0 amide bonds. The summed E-state index contributed by atoms with van der Waals surface area (Å²) >= 11 is 0. The van der Waals surface area contributed by atoms with E-state index in [1.807, 2.05) is 0 Å². The van der Waals surface area contributed by atoms with Crippen LogP contribution in [0.4, 0.5) is 0 Å². The summed E-state index contributed by atoms with van der Waals surface area (Å²) in [6, 6.07) is 3.12. The summed E-state index contributed by atoms with van der Waals surface area (Å²) in [7, 11) is 0. The van der Waals surface area contributed by atoms with E-state index in [4.69, 9.17) is 5.11 Å². The van der Waals surface area contributed by atoms with Crippen molar-refractivity contribution in [1.29, 1.82) is 0 Å². The molecule has 0 unspecified atom stereocenters. The van der Waals surface area contributed by atoms with E-state index in [1.54, 1.807) is 26.0 Å². The molecule has 0 heterocycles. The van der Waals surface area contributed by atoms with Crippen LogP contribution in [0.25, 0.3) is 0 Å². The second kappa shape index (κ2) is 3.39. The average Bonchev–Trinajstić information content (AvgIpc) is 2.03. The third-order valence-electron chi connectivity index (χ3n) is 1.97. The highest BCUT2D eigenvalue weighted by atomic mass is 16.4. The van der Waals surface area contributed by atoms with Crippen LogP contribution in [0.15, 0.2) is 12.1 Å².